The highest BCUT2D eigenvalue weighted by Gasteiger charge is 2.31. The van der Waals surface area contributed by atoms with Gasteiger partial charge in [-0.15, -0.1) is 0 Å². The summed E-state index contributed by atoms with van der Waals surface area (Å²) in [6.07, 6.45) is 8.56. The van der Waals surface area contributed by atoms with Gasteiger partial charge in [0.05, 0.1) is 13.0 Å². The Kier molecular flexibility index (Phi) is 6.05. The number of piperazine rings is 1. The monoisotopic (exact) mass is 280 g/mol. The van der Waals surface area contributed by atoms with Gasteiger partial charge in [0.2, 0.25) is 0 Å². The normalized spacial score (nSPS) is 26.4. The lowest BCUT2D eigenvalue weighted by Gasteiger charge is -2.41. The van der Waals surface area contributed by atoms with Crippen molar-refractivity contribution in [2.45, 2.75) is 38.6 Å². The van der Waals surface area contributed by atoms with E-state index in [2.05, 4.69) is 29.0 Å². The van der Waals surface area contributed by atoms with Crippen molar-refractivity contribution in [1.29, 1.82) is 0 Å². The Labute approximate surface area is 122 Å². The van der Waals surface area contributed by atoms with Gasteiger partial charge in [0.1, 0.15) is 0 Å². The van der Waals surface area contributed by atoms with Crippen LogP contribution in [0.2, 0.25) is 0 Å². The summed E-state index contributed by atoms with van der Waals surface area (Å²) in [5.41, 5.74) is 0. The standard InChI is InChI=1S/C16H28N2O2/c1-3-20-16(19)13-15(14-7-5-4-6-8-14)18-11-9-17(2)10-12-18/h4-5,14-15H,3,6-13H2,1-2H3. The first kappa shape index (κ1) is 15.5. The van der Waals surface area contributed by atoms with E-state index < -0.39 is 0 Å². The highest BCUT2D eigenvalue weighted by molar-refractivity contribution is 5.70. The van der Waals surface area contributed by atoms with Crippen LogP contribution in [0, 0.1) is 5.92 Å². The predicted octanol–water partition coefficient (Wildman–Crippen LogP) is 1.91. The van der Waals surface area contributed by atoms with Crippen LogP contribution in [0.15, 0.2) is 12.2 Å². The topological polar surface area (TPSA) is 32.8 Å². The summed E-state index contributed by atoms with van der Waals surface area (Å²) in [7, 11) is 2.17. The molecular weight excluding hydrogens is 252 g/mol. The van der Waals surface area contributed by atoms with Crippen LogP contribution in [0.1, 0.15) is 32.6 Å². The van der Waals surface area contributed by atoms with Gasteiger partial charge in [-0.1, -0.05) is 12.2 Å². The average molecular weight is 280 g/mol. The predicted molar refractivity (Wildman–Crippen MR) is 80.6 cm³/mol. The first-order valence-corrected chi connectivity index (χ1v) is 7.94. The second-order valence-electron chi connectivity index (χ2n) is 5.96. The van der Waals surface area contributed by atoms with E-state index in [1.807, 2.05) is 6.92 Å². The maximum atomic E-state index is 11.9. The van der Waals surface area contributed by atoms with Gasteiger partial charge >= 0.3 is 5.97 Å². The first-order valence-electron chi connectivity index (χ1n) is 7.94. The van der Waals surface area contributed by atoms with E-state index in [0.717, 1.165) is 39.0 Å². The number of allylic oxidation sites excluding steroid dienone is 2. The van der Waals surface area contributed by atoms with Gasteiger partial charge in [0.15, 0.2) is 0 Å². The highest BCUT2D eigenvalue weighted by Crippen LogP contribution is 2.28. The van der Waals surface area contributed by atoms with E-state index in [1.165, 1.54) is 6.42 Å². The number of esters is 1. The summed E-state index contributed by atoms with van der Waals surface area (Å²) in [5, 5.41) is 0. The van der Waals surface area contributed by atoms with E-state index in [0.29, 0.717) is 25.0 Å². The lowest BCUT2D eigenvalue weighted by Crippen LogP contribution is -2.52. The molecule has 2 atom stereocenters. The molecule has 0 amide bonds. The molecule has 1 fully saturated rings. The zero-order valence-corrected chi connectivity index (χ0v) is 12.9. The van der Waals surface area contributed by atoms with E-state index in [9.17, 15) is 4.79 Å². The van der Waals surface area contributed by atoms with Crippen molar-refractivity contribution >= 4 is 5.97 Å². The molecule has 0 saturated carbocycles. The van der Waals surface area contributed by atoms with Crippen molar-refractivity contribution in [3.05, 3.63) is 12.2 Å². The van der Waals surface area contributed by atoms with Crippen LogP contribution in [0.4, 0.5) is 0 Å². The van der Waals surface area contributed by atoms with Crippen molar-refractivity contribution in [2.75, 3.05) is 39.8 Å². The number of nitrogens with zero attached hydrogens (tertiary/aromatic N) is 2. The molecule has 0 aromatic carbocycles. The maximum absolute atomic E-state index is 11.9. The quantitative estimate of drug-likeness (QED) is 0.569. The molecule has 4 nitrogen and oxygen atoms in total. The second-order valence-corrected chi connectivity index (χ2v) is 5.96. The van der Waals surface area contributed by atoms with Gasteiger partial charge < -0.3 is 9.64 Å². The summed E-state index contributed by atoms with van der Waals surface area (Å²) in [6.45, 7) is 6.70. The molecule has 1 saturated heterocycles. The number of hydrogen-bond acceptors (Lipinski definition) is 4. The number of carbonyl (C=O) groups excluding carboxylic acids is 1. The van der Waals surface area contributed by atoms with Crippen molar-refractivity contribution in [3.63, 3.8) is 0 Å². The Morgan fingerprint density at radius 3 is 2.65 bits per heavy atom. The molecule has 0 spiro atoms. The van der Waals surface area contributed by atoms with Crippen LogP contribution in [0.25, 0.3) is 0 Å². The molecule has 1 aliphatic carbocycles. The van der Waals surface area contributed by atoms with Crippen LogP contribution < -0.4 is 0 Å². The number of ether oxygens (including phenoxy) is 1. The Morgan fingerprint density at radius 1 is 1.30 bits per heavy atom. The van der Waals surface area contributed by atoms with Gasteiger partial charge in [-0.3, -0.25) is 9.69 Å². The molecule has 4 heteroatoms. The minimum absolute atomic E-state index is 0.0361. The minimum atomic E-state index is -0.0361. The number of hydrogen-bond donors (Lipinski definition) is 0. The van der Waals surface area contributed by atoms with Crippen LogP contribution >= 0.6 is 0 Å². The number of likely N-dealkylation sites (N-methyl/N-ethyl adjacent to an activating group) is 1. The Morgan fingerprint density at radius 2 is 2.05 bits per heavy atom. The summed E-state index contributed by atoms with van der Waals surface area (Å²) >= 11 is 0. The highest BCUT2D eigenvalue weighted by atomic mass is 16.5. The van der Waals surface area contributed by atoms with Crippen LogP contribution in [-0.2, 0) is 9.53 Å². The number of carbonyl (C=O) groups is 1. The lowest BCUT2D eigenvalue weighted by molar-refractivity contribution is -0.145. The SMILES string of the molecule is CCOC(=O)CC(C1CC=CCC1)N1CCN(C)CC1. The van der Waals surface area contributed by atoms with Gasteiger partial charge in [0, 0.05) is 32.2 Å². The Balaban J connectivity index is 1.98. The third-order valence-electron chi connectivity index (χ3n) is 4.54. The average Bonchev–Trinajstić information content (AvgIpc) is 2.47. The molecule has 0 N–H and O–H groups in total. The lowest BCUT2D eigenvalue weighted by atomic mass is 9.85. The van der Waals surface area contributed by atoms with E-state index in [1.54, 1.807) is 0 Å². The van der Waals surface area contributed by atoms with Crippen LogP contribution in [0.3, 0.4) is 0 Å². The molecule has 0 aromatic heterocycles. The molecule has 2 unspecified atom stereocenters. The molecule has 20 heavy (non-hydrogen) atoms. The fraction of sp³-hybridized carbons (Fsp3) is 0.812. The number of rotatable bonds is 5. The molecule has 1 aliphatic heterocycles. The molecule has 114 valence electrons. The zero-order valence-electron chi connectivity index (χ0n) is 12.9. The Hall–Kier alpha value is -0.870. The molecule has 0 radical (unpaired) electrons. The first-order chi connectivity index (χ1) is 9.70. The van der Waals surface area contributed by atoms with Crippen LogP contribution in [0.5, 0.6) is 0 Å². The fourth-order valence-electron chi connectivity index (χ4n) is 3.30. The van der Waals surface area contributed by atoms with Crippen LogP contribution in [-0.4, -0.2) is 61.6 Å². The van der Waals surface area contributed by atoms with E-state index >= 15 is 0 Å². The largest absolute Gasteiger partial charge is 0.466 e. The molecule has 2 aliphatic rings. The molecule has 2 rings (SSSR count). The van der Waals surface area contributed by atoms with Gasteiger partial charge in [0.25, 0.3) is 0 Å². The van der Waals surface area contributed by atoms with Gasteiger partial charge in [-0.05, 0) is 39.2 Å². The third kappa shape index (κ3) is 4.32. The summed E-state index contributed by atoms with van der Waals surface area (Å²) in [5.74, 6) is 0.568. The molecular formula is C16H28N2O2. The third-order valence-corrected chi connectivity index (χ3v) is 4.54. The summed E-state index contributed by atoms with van der Waals surface area (Å²) < 4.78 is 5.18. The zero-order chi connectivity index (χ0) is 14.4. The fourth-order valence-corrected chi connectivity index (χ4v) is 3.30. The summed E-state index contributed by atoms with van der Waals surface area (Å²) in [4.78, 5) is 16.8. The second kappa shape index (κ2) is 7.79. The van der Waals surface area contributed by atoms with Gasteiger partial charge in [-0.25, -0.2) is 0 Å². The smallest absolute Gasteiger partial charge is 0.307 e. The van der Waals surface area contributed by atoms with Crippen molar-refractivity contribution in [3.8, 4) is 0 Å². The van der Waals surface area contributed by atoms with Crippen molar-refractivity contribution < 1.29 is 9.53 Å². The molecule has 0 bridgehead atoms. The molecule has 1 heterocycles. The van der Waals surface area contributed by atoms with E-state index in [-0.39, 0.29) is 5.97 Å². The van der Waals surface area contributed by atoms with Crippen molar-refractivity contribution in [1.82, 2.24) is 9.80 Å². The Bertz CT molecular complexity index is 335. The maximum Gasteiger partial charge on any atom is 0.307 e. The minimum Gasteiger partial charge on any atom is -0.466 e. The molecule has 0 aromatic rings. The van der Waals surface area contributed by atoms with E-state index in [4.69, 9.17) is 4.74 Å². The van der Waals surface area contributed by atoms with Gasteiger partial charge in [-0.2, -0.15) is 0 Å². The summed E-state index contributed by atoms with van der Waals surface area (Å²) in [6, 6.07) is 0.354. The van der Waals surface area contributed by atoms with Crippen molar-refractivity contribution in [2.24, 2.45) is 5.92 Å².